The molecule has 27 heavy (non-hydrogen) atoms. The van der Waals surface area contributed by atoms with Crippen molar-refractivity contribution in [3.05, 3.63) is 116 Å². The molecule has 0 bridgehead atoms. The third kappa shape index (κ3) is 4.78. The number of hydrogen-bond donors (Lipinski definition) is 0. The molecule has 0 fully saturated rings. The van der Waals surface area contributed by atoms with Crippen LogP contribution in [0.15, 0.2) is 103 Å². The Bertz CT molecular complexity index is 810. The van der Waals surface area contributed by atoms with Crippen LogP contribution in [0.5, 0.6) is 0 Å². The van der Waals surface area contributed by atoms with Crippen molar-refractivity contribution in [2.75, 3.05) is 12.7 Å². The van der Waals surface area contributed by atoms with Crippen molar-refractivity contribution in [2.24, 2.45) is 0 Å². The summed E-state index contributed by atoms with van der Waals surface area (Å²) in [6.45, 7) is 5.29. The van der Waals surface area contributed by atoms with Gasteiger partial charge in [0.2, 0.25) is 6.67 Å². The highest BCUT2D eigenvalue weighted by Gasteiger charge is 2.18. The van der Waals surface area contributed by atoms with E-state index in [1.165, 1.54) is 16.2 Å². The Morgan fingerprint density at radius 2 is 1.15 bits per heavy atom. The van der Waals surface area contributed by atoms with Crippen LogP contribution < -0.4 is 10.6 Å². The summed E-state index contributed by atoms with van der Waals surface area (Å²) in [5.74, 6) is 0. The van der Waals surface area contributed by atoms with Gasteiger partial charge in [0.05, 0.1) is 0 Å². The van der Waals surface area contributed by atoms with Gasteiger partial charge in [-0.1, -0.05) is 91.0 Å². The summed E-state index contributed by atoms with van der Waals surface area (Å²) in [7, 11) is -0.363. The van der Waals surface area contributed by atoms with E-state index >= 15 is 0 Å². The molecule has 0 saturated carbocycles. The van der Waals surface area contributed by atoms with Gasteiger partial charge < -0.3 is 9.80 Å². The van der Waals surface area contributed by atoms with Crippen LogP contribution in [0, 0.1) is 6.67 Å². The highest BCUT2D eigenvalue weighted by atomic mass is 31.1. The maximum Gasteiger partial charge on any atom is 0.208 e. The second-order valence-corrected chi connectivity index (χ2v) is 8.86. The number of nitrogens with zero attached hydrogens (tertiary/aromatic N) is 2. The standard InChI is InChI=1S/C24H23N2P/c1-4-10-22(11-5-1)20-26-17-16-25(21-26)18-19-27(23-12-6-2-7-13-23)24-14-8-3-9-15-24/h1-17H,18-20H2. The predicted octanol–water partition coefficient (Wildman–Crippen LogP) is 4.40. The zero-order valence-electron chi connectivity index (χ0n) is 15.3. The highest BCUT2D eigenvalue weighted by molar-refractivity contribution is 7.73. The van der Waals surface area contributed by atoms with Crippen molar-refractivity contribution in [2.45, 2.75) is 6.54 Å². The van der Waals surface area contributed by atoms with Gasteiger partial charge in [0.25, 0.3) is 0 Å². The molecule has 3 aromatic carbocycles. The van der Waals surface area contributed by atoms with Crippen molar-refractivity contribution in [1.29, 1.82) is 0 Å². The van der Waals surface area contributed by atoms with Crippen LogP contribution in [-0.4, -0.2) is 22.5 Å². The Labute approximate surface area is 163 Å². The van der Waals surface area contributed by atoms with Crippen LogP contribution in [0.4, 0.5) is 0 Å². The molecule has 2 nitrogen and oxygen atoms in total. The number of rotatable bonds is 7. The molecule has 0 spiro atoms. The summed E-state index contributed by atoms with van der Waals surface area (Å²) in [5, 5.41) is 2.87. The van der Waals surface area contributed by atoms with E-state index < -0.39 is 0 Å². The first-order chi connectivity index (χ1) is 13.4. The normalized spacial score (nSPS) is 13.5. The third-order valence-corrected chi connectivity index (χ3v) is 7.07. The Morgan fingerprint density at radius 3 is 1.74 bits per heavy atom. The van der Waals surface area contributed by atoms with E-state index in [0.29, 0.717) is 0 Å². The van der Waals surface area contributed by atoms with Gasteiger partial charge >= 0.3 is 0 Å². The largest absolute Gasteiger partial charge is 0.346 e. The molecular weight excluding hydrogens is 347 g/mol. The van der Waals surface area contributed by atoms with Crippen molar-refractivity contribution in [3.63, 3.8) is 0 Å². The average molecular weight is 370 g/mol. The van der Waals surface area contributed by atoms with Gasteiger partial charge in [0.15, 0.2) is 0 Å². The first kappa shape index (κ1) is 17.8. The smallest absolute Gasteiger partial charge is 0.208 e. The van der Waals surface area contributed by atoms with Crippen LogP contribution in [-0.2, 0) is 6.54 Å². The van der Waals surface area contributed by atoms with E-state index in [-0.39, 0.29) is 7.92 Å². The van der Waals surface area contributed by atoms with Crippen molar-refractivity contribution < 1.29 is 0 Å². The van der Waals surface area contributed by atoms with Crippen LogP contribution in [0.1, 0.15) is 5.56 Å². The molecule has 0 aromatic heterocycles. The second-order valence-electron chi connectivity index (χ2n) is 6.53. The first-order valence-corrected chi connectivity index (χ1v) is 10.8. The van der Waals surface area contributed by atoms with Gasteiger partial charge in [-0.25, -0.2) is 0 Å². The van der Waals surface area contributed by atoms with E-state index in [2.05, 4.69) is 120 Å². The molecule has 0 N–H and O–H groups in total. The van der Waals surface area contributed by atoms with E-state index in [4.69, 9.17) is 0 Å². The van der Waals surface area contributed by atoms with Gasteiger partial charge in [-0.2, -0.15) is 0 Å². The lowest BCUT2D eigenvalue weighted by Crippen LogP contribution is -2.24. The van der Waals surface area contributed by atoms with Crippen LogP contribution in [0.3, 0.4) is 0 Å². The van der Waals surface area contributed by atoms with E-state index in [1.807, 2.05) is 0 Å². The van der Waals surface area contributed by atoms with E-state index in [9.17, 15) is 0 Å². The quantitative estimate of drug-likeness (QED) is 0.569. The molecule has 0 saturated heterocycles. The molecule has 0 unspecified atom stereocenters. The molecule has 0 amide bonds. The summed E-state index contributed by atoms with van der Waals surface area (Å²) >= 11 is 0. The van der Waals surface area contributed by atoms with E-state index in [0.717, 1.165) is 19.3 Å². The fourth-order valence-corrected chi connectivity index (χ4v) is 5.51. The molecular formula is C24H23N2P. The number of hydrogen-bond acceptors (Lipinski definition) is 2. The van der Waals surface area contributed by atoms with Gasteiger partial charge in [0, 0.05) is 25.5 Å². The van der Waals surface area contributed by atoms with Crippen molar-refractivity contribution >= 4 is 18.5 Å². The zero-order valence-corrected chi connectivity index (χ0v) is 16.2. The van der Waals surface area contributed by atoms with Crippen LogP contribution in [0.2, 0.25) is 0 Å². The molecule has 1 aliphatic rings. The number of benzene rings is 3. The minimum absolute atomic E-state index is 0.363. The SMILES string of the molecule is [C]1N(CCP(c2ccccc2)c2ccccc2)C=CN1Cc1ccccc1. The third-order valence-electron chi connectivity index (χ3n) is 4.58. The molecule has 2 radical (unpaired) electrons. The maximum absolute atomic E-state index is 3.46. The summed E-state index contributed by atoms with van der Waals surface area (Å²) < 4.78 is 0. The monoisotopic (exact) mass is 370 g/mol. The fourth-order valence-electron chi connectivity index (χ4n) is 3.22. The summed E-state index contributed by atoms with van der Waals surface area (Å²) in [6.07, 6.45) is 5.35. The fraction of sp³-hybridized carbons (Fsp3) is 0.125. The van der Waals surface area contributed by atoms with Crippen molar-refractivity contribution in [3.8, 4) is 0 Å². The zero-order chi connectivity index (χ0) is 18.3. The van der Waals surface area contributed by atoms with Gasteiger partial charge in [-0.3, -0.25) is 0 Å². The highest BCUT2D eigenvalue weighted by Crippen LogP contribution is 2.33. The molecule has 0 aliphatic carbocycles. The van der Waals surface area contributed by atoms with Crippen LogP contribution >= 0.6 is 7.92 Å². The molecule has 4 rings (SSSR count). The topological polar surface area (TPSA) is 6.48 Å². The first-order valence-electron chi connectivity index (χ1n) is 9.28. The minimum atomic E-state index is -0.363. The molecule has 134 valence electrons. The van der Waals surface area contributed by atoms with Crippen molar-refractivity contribution in [1.82, 2.24) is 9.80 Å². The Morgan fingerprint density at radius 1 is 0.630 bits per heavy atom. The Kier molecular flexibility index (Phi) is 5.86. The van der Waals surface area contributed by atoms with E-state index in [1.54, 1.807) is 0 Å². The molecule has 3 heteroatoms. The summed E-state index contributed by atoms with van der Waals surface area (Å²) in [5.41, 5.74) is 1.30. The lowest BCUT2D eigenvalue weighted by Gasteiger charge is -2.23. The summed E-state index contributed by atoms with van der Waals surface area (Å²) in [6, 6.07) is 32.3. The Hall–Kier alpha value is -2.57. The molecule has 1 aliphatic heterocycles. The van der Waals surface area contributed by atoms with Gasteiger partial charge in [0.1, 0.15) is 0 Å². The molecule has 0 atom stereocenters. The predicted molar refractivity (Wildman–Crippen MR) is 115 cm³/mol. The summed E-state index contributed by atoms with van der Waals surface area (Å²) in [4.78, 5) is 4.31. The van der Waals surface area contributed by atoms with Crippen LogP contribution in [0.25, 0.3) is 0 Å². The lowest BCUT2D eigenvalue weighted by molar-refractivity contribution is 0.350. The minimum Gasteiger partial charge on any atom is -0.346 e. The average Bonchev–Trinajstić information content (AvgIpc) is 3.18. The lowest BCUT2D eigenvalue weighted by atomic mass is 10.2. The Balaban J connectivity index is 1.38. The molecule has 3 aromatic rings. The second kappa shape index (κ2) is 8.88. The van der Waals surface area contributed by atoms with Gasteiger partial charge in [-0.15, -0.1) is 0 Å². The molecule has 1 heterocycles. The van der Waals surface area contributed by atoms with Gasteiger partial charge in [-0.05, 0) is 30.3 Å². The maximum atomic E-state index is 3.46.